The minimum absolute atomic E-state index is 0.221. The van der Waals surface area contributed by atoms with Gasteiger partial charge in [-0.2, -0.15) is 0 Å². The summed E-state index contributed by atoms with van der Waals surface area (Å²) in [6.45, 7) is 0.997. The zero-order valence-corrected chi connectivity index (χ0v) is 13.3. The molecular weight excluding hydrogens is 310 g/mol. The third kappa shape index (κ3) is 6.04. The number of carbonyl (C=O) groups excluding carboxylic acids is 2. The van der Waals surface area contributed by atoms with Crippen LogP contribution in [0, 0.1) is 0 Å². The summed E-state index contributed by atoms with van der Waals surface area (Å²) in [5.41, 5.74) is 0. The van der Waals surface area contributed by atoms with Gasteiger partial charge in [0.15, 0.2) is 6.29 Å². The first-order valence-electron chi connectivity index (χ1n) is 7.48. The van der Waals surface area contributed by atoms with Gasteiger partial charge in [0.25, 0.3) is 0 Å². The van der Waals surface area contributed by atoms with Crippen molar-refractivity contribution in [3.8, 4) is 0 Å². The number of rotatable bonds is 8. The molecule has 1 rings (SSSR count). The van der Waals surface area contributed by atoms with Crippen LogP contribution in [-0.4, -0.2) is 78.2 Å². The summed E-state index contributed by atoms with van der Waals surface area (Å²) in [7, 11) is 1.31. The van der Waals surface area contributed by atoms with E-state index < -0.39 is 43.2 Å². The van der Waals surface area contributed by atoms with Gasteiger partial charge in [-0.25, -0.2) is 0 Å². The summed E-state index contributed by atoms with van der Waals surface area (Å²) in [4.78, 5) is 22.2. The Kier molecular flexibility index (Phi) is 8.42. The molecule has 0 unspecified atom stereocenters. The summed E-state index contributed by atoms with van der Waals surface area (Å²) in [5.74, 6) is -0.722. The Morgan fingerprint density at radius 3 is 2.48 bits per heavy atom. The Labute approximate surface area is 134 Å². The highest BCUT2D eigenvalue weighted by Crippen LogP contribution is 2.22. The van der Waals surface area contributed by atoms with Crippen LogP contribution in [-0.2, 0) is 23.8 Å². The number of nitrogens with one attached hydrogen (secondary N) is 1. The van der Waals surface area contributed by atoms with Gasteiger partial charge in [0, 0.05) is 20.0 Å². The number of hydrogen-bond donors (Lipinski definition) is 4. The van der Waals surface area contributed by atoms with Crippen LogP contribution >= 0.6 is 0 Å². The molecule has 9 nitrogen and oxygen atoms in total. The SMILES string of the molecule is COC(=O)CCCCO[C@@H]1O[C@H](CO)[C@H](O)[C@H](O)[C@H]1NC(C)=O. The number of aliphatic hydroxyl groups is 3. The van der Waals surface area contributed by atoms with E-state index in [4.69, 9.17) is 9.47 Å². The van der Waals surface area contributed by atoms with Crippen LogP contribution in [0.25, 0.3) is 0 Å². The molecule has 0 aromatic heterocycles. The lowest BCUT2D eigenvalue weighted by Crippen LogP contribution is -2.64. The number of carbonyl (C=O) groups is 2. The van der Waals surface area contributed by atoms with E-state index in [1.54, 1.807) is 0 Å². The molecule has 23 heavy (non-hydrogen) atoms. The maximum atomic E-state index is 11.2. The zero-order valence-electron chi connectivity index (χ0n) is 13.3. The minimum atomic E-state index is -1.34. The lowest BCUT2D eigenvalue weighted by atomic mass is 9.97. The van der Waals surface area contributed by atoms with Gasteiger partial charge in [0.05, 0.1) is 13.7 Å². The van der Waals surface area contributed by atoms with Gasteiger partial charge >= 0.3 is 5.97 Å². The maximum absolute atomic E-state index is 11.2. The molecule has 1 saturated heterocycles. The molecule has 1 aliphatic rings. The Morgan fingerprint density at radius 2 is 1.91 bits per heavy atom. The average molecular weight is 335 g/mol. The van der Waals surface area contributed by atoms with Crippen molar-refractivity contribution in [3.63, 3.8) is 0 Å². The normalized spacial score (nSPS) is 30.7. The number of unbranched alkanes of at least 4 members (excludes halogenated alkanes) is 1. The largest absolute Gasteiger partial charge is 0.469 e. The number of methoxy groups -OCH3 is 1. The van der Waals surface area contributed by atoms with Crippen LogP contribution in [0.15, 0.2) is 0 Å². The Morgan fingerprint density at radius 1 is 1.22 bits per heavy atom. The topological polar surface area (TPSA) is 135 Å². The van der Waals surface area contributed by atoms with E-state index in [1.165, 1.54) is 14.0 Å². The van der Waals surface area contributed by atoms with Gasteiger partial charge in [-0.3, -0.25) is 9.59 Å². The summed E-state index contributed by atoms with van der Waals surface area (Å²) >= 11 is 0. The monoisotopic (exact) mass is 335 g/mol. The van der Waals surface area contributed by atoms with Gasteiger partial charge in [-0.05, 0) is 12.8 Å². The van der Waals surface area contributed by atoms with E-state index in [0.717, 1.165) is 0 Å². The molecule has 0 saturated carbocycles. The molecular formula is C14H25NO8. The zero-order chi connectivity index (χ0) is 17.4. The van der Waals surface area contributed by atoms with E-state index >= 15 is 0 Å². The van der Waals surface area contributed by atoms with Crippen molar-refractivity contribution in [1.29, 1.82) is 0 Å². The smallest absolute Gasteiger partial charge is 0.305 e. The molecule has 1 fully saturated rings. The molecule has 0 spiro atoms. The predicted octanol–water partition coefficient (Wildman–Crippen LogP) is -1.71. The molecule has 1 amide bonds. The minimum Gasteiger partial charge on any atom is -0.469 e. The van der Waals surface area contributed by atoms with Crippen LogP contribution in [0.3, 0.4) is 0 Å². The van der Waals surface area contributed by atoms with Crippen molar-refractivity contribution in [2.75, 3.05) is 20.3 Å². The van der Waals surface area contributed by atoms with Crippen molar-refractivity contribution in [2.24, 2.45) is 0 Å². The van der Waals surface area contributed by atoms with Crippen LogP contribution < -0.4 is 5.32 Å². The molecule has 0 radical (unpaired) electrons. The summed E-state index contributed by atoms with van der Waals surface area (Å²) < 4.78 is 15.4. The molecule has 1 aliphatic heterocycles. The first-order chi connectivity index (χ1) is 10.9. The lowest BCUT2D eigenvalue weighted by Gasteiger charge is -2.42. The van der Waals surface area contributed by atoms with E-state index in [-0.39, 0.29) is 19.0 Å². The number of aliphatic hydroxyl groups excluding tert-OH is 3. The first-order valence-corrected chi connectivity index (χ1v) is 7.48. The highest BCUT2D eigenvalue weighted by Gasteiger charge is 2.45. The fourth-order valence-electron chi connectivity index (χ4n) is 2.29. The molecule has 9 heteroatoms. The molecule has 0 aromatic carbocycles. The Hall–Kier alpha value is -1.26. The predicted molar refractivity (Wildman–Crippen MR) is 77.2 cm³/mol. The van der Waals surface area contributed by atoms with Crippen LogP contribution in [0.5, 0.6) is 0 Å². The van der Waals surface area contributed by atoms with E-state index in [1.807, 2.05) is 0 Å². The molecule has 0 aromatic rings. The molecule has 134 valence electrons. The van der Waals surface area contributed by atoms with Crippen molar-refractivity contribution in [2.45, 2.75) is 56.8 Å². The van der Waals surface area contributed by atoms with Crippen LogP contribution in [0.1, 0.15) is 26.2 Å². The van der Waals surface area contributed by atoms with Crippen LogP contribution in [0.4, 0.5) is 0 Å². The molecule has 0 aliphatic carbocycles. The van der Waals surface area contributed by atoms with E-state index in [0.29, 0.717) is 12.8 Å². The summed E-state index contributed by atoms with van der Waals surface area (Å²) in [5, 5.41) is 31.6. The average Bonchev–Trinajstić information content (AvgIpc) is 2.52. The van der Waals surface area contributed by atoms with E-state index in [2.05, 4.69) is 10.1 Å². The third-order valence-corrected chi connectivity index (χ3v) is 3.54. The van der Waals surface area contributed by atoms with Gasteiger partial charge in [-0.1, -0.05) is 0 Å². The number of ether oxygens (including phenoxy) is 3. The second kappa shape index (κ2) is 9.78. The van der Waals surface area contributed by atoms with Crippen molar-refractivity contribution < 1.29 is 39.1 Å². The lowest BCUT2D eigenvalue weighted by molar-refractivity contribution is -0.270. The summed E-state index contributed by atoms with van der Waals surface area (Å²) in [6.07, 6.45) is -3.31. The fourth-order valence-corrected chi connectivity index (χ4v) is 2.29. The van der Waals surface area contributed by atoms with Crippen molar-refractivity contribution in [1.82, 2.24) is 5.32 Å². The van der Waals surface area contributed by atoms with Crippen molar-refractivity contribution in [3.05, 3.63) is 0 Å². The summed E-state index contributed by atoms with van der Waals surface area (Å²) in [6, 6.07) is -0.953. The molecule has 5 atom stereocenters. The second-order valence-electron chi connectivity index (χ2n) is 5.34. The van der Waals surface area contributed by atoms with Gasteiger partial charge in [-0.15, -0.1) is 0 Å². The highest BCUT2D eigenvalue weighted by atomic mass is 16.7. The molecule has 0 bridgehead atoms. The van der Waals surface area contributed by atoms with E-state index in [9.17, 15) is 24.9 Å². The molecule has 1 heterocycles. The Bertz CT molecular complexity index is 391. The molecule has 4 N–H and O–H groups in total. The van der Waals surface area contributed by atoms with Gasteiger partial charge in [0.2, 0.25) is 5.91 Å². The third-order valence-electron chi connectivity index (χ3n) is 3.54. The standard InChI is InChI=1S/C14H25NO8/c1-8(17)15-11-13(20)12(19)9(7-16)23-14(11)22-6-4-3-5-10(18)21-2/h9,11-14,16,19-20H,3-7H2,1-2H3,(H,15,17)/t9-,11-,12+,13-,14-/m1/s1. The fraction of sp³-hybridized carbons (Fsp3) is 0.857. The van der Waals surface area contributed by atoms with Crippen LogP contribution in [0.2, 0.25) is 0 Å². The quantitative estimate of drug-likeness (QED) is 0.304. The number of esters is 1. The second-order valence-corrected chi connectivity index (χ2v) is 5.34. The van der Waals surface area contributed by atoms with Gasteiger partial charge in [0.1, 0.15) is 24.4 Å². The van der Waals surface area contributed by atoms with Gasteiger partial charge < -0.3 is 34.8 Å². The number of amides is 1. The highest BCUT2D eigenvalue weighted by molar-refractivity contribution is 5.73. The maximum Gasteiger partial charge on any atom is 0.305 e. The first kappa shape index (κ1) is 19.8. The number of hydrogen-bond acceptors (Lipinski definition) is 8. The van der Waals surface area contributed by atoms with Crippen molar-refractivity contribution >= 4 is 11.9 Å². The Balaban J connectivity index is 2.53.